The second-order valence-corrected chi connectivity index (χ2v) is 5.30. The smallest absolute Gasteiger partial charge is 0.314 e. The molecule has 1 fully saturated rings. The summed E-state index contributed by atoms with van der Waals surface area (Å²) >= 11 is 0. The van der Waals surface area contributed by atoms with Crippen LogP contribution in [-0.2, 0) is 9.53 Å². The number of aliphatic hydroxyl groups is 1. The van der Waals surface area contributed by atoms with Gasteiger partial charge in [0.2, 0.25) is 0 Å². The molecular formula is C15H24O3. The summed E-state index contributed by atoms with van der Waals surface area (Å²) in [6, 6.07) is 0. The highest BCUT2D eigenvalue weighted by Gasteiger charge is 2.47. The van der Waals surface area contributed by atoms with E-state index in [0.717, 1.165) is 24.0 Å². The normalized spacial score (nSPS) is 27.9. The average molecular weight is 252 g/mol. The minimum atomic E-state index is -0.768. The van der Waals surface area contributed by atoms with Crippen LogP contribution in [0, 0.1) is 5.41 Å². The largest absolute Gasteiger partial charge is 0.465 e. The van der Waals surface area contributed by atoms with Gasteiger partial charge in [-0.25, -0.2) is 0 Å². The van der Waals surface area contributed by atoms with Crippen molar-refractivity contribution in [2.24, 2.45) is 5.41 Å². The minimum Gasteiger partial charge on any atom is -0.465 e. The molecule has 3 heteroatoms. The van der Waals surface area contributed by atoms with Gasteiger partial charge in [-0.2, -0.15) is 0 Å². The van der Waals surface area contributed by atoms with Gasteiger partial charge in [0.25, 0.3) is 0 Å². The topological polar surface area (TPSA) is 46.5 Å². The Labute approximate surface area is 110 Å². The van der Waals surface area contributed by atoms with Crippen molar-refractivity contribution in [2.75, 3.05) is 6.61 Å². The Kier molecular flexibility index (Phi) is 5.15. The van der Waals surface area contributed by atoms with Crippen molar-refractivity contribution in [3.63, 3.8) is 0 Å². The third-order valence-electron chi connectivity index (χ3n) is 3.72. The maximum Gasteiger partial charge on any atom is 0.314 e. The zero-order valence-corrected chi connectivity index (χ0v) is 11.5. The van der Waals surface area contributed by atoms with Crippen LogP contribution in [0.5, 0.6) is 0 Å². The highest BCUT2D eigenvalue weighted by atomic mass is 16.5. The maximum atomic E-state index is 12.2. The van der Waals surface area contributed by atoms with Crippen LogP contribution < -0.4 is 0 Å². The molecule has 0 saturated heterocycles. The molecule has 0 bridgehead atoms. The molecule has 18 heavy (non-hydrogen) atoms. The number of hydrogen-bond donors (Lipinski definition) is 1. The van der Waals surface area contributed by atoms with Crippen molar-refractivity contribution in [3.05, 3.63) is 24.3 Å². The van der Waals surface area contributed by atoms with Gasteiger partial charge in [-0.05, 0) is 46.0 Å². The average Bonchev–Trinajstić information content (AvgIpc) is 2.28. The van der Waals surface area contributed by atoms with Crippen molar-refractivity contribution in [3.8, 4) is 0 Å². The summed E-state index contributed by atoms with van der Waals surface area (Å²) in [6.45, 7) is 11.8. The van der Waals surface area contributed by atoms with Gasteiger partial charge in [0.05, 0.1) is 18.1 Å². The van der Waals surface area contributed by atoms with Crippen LogP contribution in [0.2, 0.25) is 0 Å². The van der Waals surface area contributed by atoms with Gasteiger partial charge in [-0.15, -0.1) is 6.58 Å². The van der Waals surface area contributed by atoms with E-state index in [1.807, 2.05) is 6.92 Å². The van der Waals surface area contributed by atoms with Crippen LogP contribution in [0.25, 0.3) is 0 Å². The first-order chi connectivity index (χ1) is 8.42. The Bertz CT molecular complexity index is 346. The predicted molar refractivity (Wildman–Crippen MR) is 72.1 cm³/mol. The predicted octanol–water partition coefficient (Wildman–Crippen LogP) is 2.99. The molecule has 1 saturated carbocycles. The molecule has 0 radical (unpaired) electrons. The van der Waals surface area contributed by atoms with Gasteiger partial charge in [-0.3, -0.25) is 4.79 Å². The van der Waals surface area contributed by atoms with E-state index in [-0.39, 0.29) is 5.97 Å². The van der Waals surface area contributed by atoms with E-state index >= 15 is 0 Å². The number of carbonyl (C=O) groups excluding carboxylic acids is 1. The first kappa shape index (κ1) is 15.0. The molecule has 0 heterocycles. The summed E-state index contributed by atoms with van der Waals surface area (Å²) in [7, 11) is 0. The minimum absolute atomic E-state index is 0.272. The van der Waals surface area contributed by atoms with E-state index < -0.39 is 11.5 Å². The van der Waals surface area contributed by atoms with Crippen LogP contribution in [0.3, 0.4) is 0 Å². The lowest BCUT2D eigenvalue weighted by Crippen LogP contribution is -2.46. The van der Waals surface area contributed by atoms with Gasteiger partial charge in [-0.1, -0.05) is 17.7 Å². The molecule has 0 amide bonds. The molecule has 102 valence electrons. The van der Waals surface area contributed by atoms with Gasteiger partial charge in [0.1, 0.15) is 0 Å². The van der Waals surface area contributed by atoms with E-state index in [2.05, 4.69) is 13.2 Å². The molecule has 3 nitrogen and oxygen atoms in total. The van der Waals surface area contributed by atoms with E-state index in [4.69, 9.17) is 4.74 Å². The molecule has 0 spiro atoms. The van der Waals surface area contributed by atoms with Crippen molar-refractivity contribution in [2.45, 2.75) is 52.1 Å². The standard InChI is InChI=1S/C15H24O3/c1-5-18-14(17)15(8-6-11(2)3)9-7-12(4)10-13(15)16/h13,16H,2,4-10H2,1,3H3/t13-,15-/m1/s1. The van der Waals surface area contributed by atoms with Crippen LogP contribution in [0.15, 0.2) is 24.3 Å². The van der Waals surface area contributed by atoms with Gasteiger partial charge >= 0.3 is 5.97 Å². The fourth-order valence-corrected chi connectivity index (χ4v) is 2.48. The molecule has 1 aliphatic carbocycles. The van der Waals surface area contributed by atoms with Gasteiger partial charge < -0.3 is 9.84 Å². The summed E-state index contributed by atoms with van der Waals surface area (Å²) in [5.74, 6) is -0.272. The quantitative estimate of drug-likeness (QED) is 0.604. The SMILES string of the molecule is C=C(C)CC[C@@]1(C(=O)OCC)CCC(=C)C[C@H]1O. The Hall–Kier alpha value is -1.09. The number of ether oxygens (including phenoxy) is 1. The highest BCUT2D eigenvalue weighted by Crippen LogP contribution is 2.43. The summed E-state index contributed by atoms with van der Waals surface area (Å²) < 4.78 is 5.16. The maximum absolute atomic E-state index is 12.2. The summed E-state index contributed by atoms with van der Waals surface area (Å²) in [5, 5.41) is 10.3. The lowest BCUT2D eigenvalue weighted by molar-refractivity contribution is -0.166. The summed E-state index contributed by atoms with van der Waals surface area (Å²) in [5.41, 5.74) is 1.27. The number of esters is 1. The van der Waals surface area contributed by atoms with Crippen molar-refractivity contribution >= 4 is 5.97 Å². The van der Waals surface area contributed by atoms with Crippen molar-refractivity contribution < 1.29 is 14.6 Å². The first-order valence-corrected chi connectivity index (χ1v) is 6.58. The van der Waals surface area contributed by atoms with Crippen LogP contribution in [0.1, 0.15) is 46.0 Å². The van der Waals surface area contributed by atoms with E-state index in [1.165, 1.54) is 0 Å². The zero-order chi connectivity index (χ0) is 13.8. The number of aliphatic hydroxyl groups excluding tert-OH is 1. The molecule has 0 aliphatic heterocycles. The van der Waals surface area contributed by atoms with Crippen LogP contribution in [0.4, 0.5) is 0 Å². The summed E-state index contributed by atoms with van der Waals surface area (Å²) in [6.07, 6.45) is 2.56. The highest BCUT2D eigenvalue weighted by molar-refractivity contribution is 5.78. The molecule has 2 atom stereocenters. The molecule has 1 aliphatic rings. The fourth-order valence-electron chi connectivity index (χ4n) is 2.48. The molecule has 0 aromatic rings. The number of carbonyl (C=O) groups is 1. The zero-order valence-electron chi connectivity index (χ0n) is 11.5. The number of allylic oxidation sites excluding steroid dienone is 1. The van der Waals surface area contributed by atoms with Crippen LogP contribution >= 0.6 is 0 Å². The van der Waals surface area contributed by atoms with Crippen LogP contribution in [-0.4, -0.2) is 23.8 Å². The second-order valence-electron chi connectivity index (χ2n) is 5.30. The molecule has 0 aromatic carbocycles. The van der Waals surface area contributed by atoms with Gasteiger partial charge in [0.15, 0.2) is 0 Å². The van der Waals surface area contributed by atoms with Gasteiger partial charge in [0, 0.05) is 0 Å². The monoisotopic (exact) mass is 252 g/mol. The number of hydrogen-bond acceptors (Lipinski definition) is 3. The fraction of sp³-hybridized carbons (Fsp3) is 0.667. The lowest BCUT2D eigenvalue weighted by Gasteiger charge is -2.40. The Morgan fingerprint density at radius 3 is 2.78 bits per heavy atom. The molecule has 1 N–H and O–H groups in total. The Morgan fingerprint density at radius 1 is 1.61 bits per heavy atom. The Morgan fingerprint density at radius 2 is 2.28 bits per heavy atom. The molecular weight excluding hydrogens is 228 g/mol. The lowest BCUT2D eigenvalue weighted by atomic mass is 9.67. The second kappa shape index (κ2) is 6.19. The van der Waals surface area contributed by atoms with E-state index in [0.29, 0.717) is 25.9 Å². The van der Waals surface area contributed by atoms with E-state index in [9.17, 15) is 9.90 Å². The Balaban J connectivity index is 2.89. The van der Waals surface area contributed by atoms with E-state index in [1.54, 1.807) is 6.92 Å². The molecule has 0 unspecified atom stereocenters. The number of rotatable bonds is 5. The van der Waals surface area contributed by atoms with Crippen molar-refractivity contribution in [1.82, 2.24) is 0 Å². The molecule has 1 rings (SSSR count). The summed E-state index contributed by atoms with van der Waals surface area (Å²) in [4.78, 5) is 12.2. The third kappa shape index (κ3) is 3.22. The van der Waals surface area contributed by atoms with Crippen molar-refractivity contribution in [1.29, 1.82) is 0 Å². The molecule has 0 aromatic heterocycles. The third-order valence-corrected chi connectivity index (χ3v) is 3.72. The first-order valence-electron chi connectivity index (χ1n) is 6.58.